The first-order valence-electron chi connectivity index (χ1n) is 5.80. The fourth-order valence-electron chi connectivity index (χ4n) is 1.98. The second kappa shape index (κ2) is 4.70. The Labute approximate surface area is 100.0 Å². The van der Waals surface area contributed by atoms with Crippen molar-refractivity contribution in [1.82, 2.24) is 5.32 Å². The van der Waals surface area contributed by atoms with Gasteiger partial charge in [0, 0.05) is 18.7 Å². The Morgan fingerprint density at radius 3 is 2.59 bits per heavy atom. The Hall–Kier alpha value is -1.00. The van der Waals surface area contributed by atoms with Crippen molar-refractivity contribution in [2.45, 2.75) is 31.9 Å². The summed E-state index contributed by atoms with van der Waals surface area (Å²) in [7, 11) is 0. The average Bonchev–Trinajstić information content (AvgIpc) is 2.40. The fourth-order valence-corrected chi connectivity index (χ4v) is 1.98. The third-order valence-electron chi connectivity index (χ3n) is 3.13. The summed E-state index contributed by atoms with van der Waals surface area (Å²) in [6, 6.07) is 3.89. The van der Waals surface area contributed by atoms with Crippen molar-refractivity contribution in [2.24, 2.45) is 0 Å². The van der Waals surface area contributed by atoms with E-state index in [1.165, 1.54) is 18.2 Å². The summed E-state index contributed by atoms with van der Waals surface area (Å²) in [5.41, 5.74) is -0.0334. The number of halogens is 2. The normalized spacial score (nSPS) is 24.4. The van der Waals surface area contributed by atoms with Gasteiger partial charge in [-0.05, 0) is 32.4 Å². The number of hydrogen-bond donors (Lipinski definition) is 1. The van der Waals surface area contributed by atoms with Crippen LogP contribution in [0.3, 0.4) is 0 Å². The molecule has 1 aliphatic rings. The van der Waals surface area contributed by atoms with Gasteiger partial charge in [0.25, 0.3) is 0 Å². The summed E-state index contributed by atoms with van der Waals surface area (Å²) in [6.07, 6.45) is 0.262. The highest BCUT2D eigenvalue weighted by atomic mass is 19.1. The molecule has 0 radical (unpaired) electrons. The molecule has 1 N–H and O–H groups in total. The second-order valence-corrected chi connectivity index (χ2v) is 5.01. The molecule has 1 aliphatic heterocycles. The van der Waals surface area contributed by atoms with Crippen molar-refractivity contribution in [3.63, 3.8) is 0 Å². The molecule has 1 aromatic carbocycles. The van der Waals surface area contributed by atoms with Crippen LogP contribution in [0, 0.1) is 11.6 Å². The van der Waals surface area contributed by atoms with Gasteiger partial charge in [0.15, 0.2) is 0 Å². The minimum Gasteiger partial charge on any atom is -0.372 e. The molecule has 1 saturated heterocycles. The lowest BCUT2D eigenvalue weighted by Gasteiger charge is -2.23. The monoisotopic (exact) mass is 241 g/mol. The molecule has 17 heavy (non-hydrogen) atoms. The summed E-state index contributed by atoms with van der Waals surface area (Å²) < 4.78 is 32.8. The zero-order valence-corrected chi connectivity index (χ0v) is 10.1. The smallest absolute Gasteiger partial charge is 0.132 e. The molecular weight excluding hydrogens is 224 g/mol. The van der Waals surface area contributed by atoms with Crippen LogP contribution in [0.2, 0.25) is 0 Å². The van der Waals surface area contributed by atoms with Crippen LogP contribution in [0.25, 0.3) is 0 Å². The van der Waals surface area contributed by atoms with Crippen LogP contribution >= 0.6 is 0 Å². The van der Waals surface area contributed by atoms with Crippen molar-refractivity contribution in [3.05, 3.63) is 35.4 Å². The van der Waals surface area contributed by atoms with Crippen molar-refractivity contribution in [1.29, 1.82) is 0 Å². The van der Waals surface area contributed by atoms with Gasteiger partial charge in [0.1, 0.15) is 17.7 Å². The third-order valence-corrected chi connectivity index (χ3v) is 3.13. The van der Waals surface area contributed by atoms with Gasteiger partial charge < -0.3 is 10.1 Å². The first-order chi connectivity index (χ1) is 7.99. The lowest BCUT2D eigenvalue weighted by atomic mass is 10.0. The first kappa shape index (κ1) is 12.5. The van der Waals surface area contributed by atoms with Crippen LogP contribution < -0.4 is 5.32 Å². The molecule has 4 heteroatoms. The highest BCUT2D eigenvalue weighted by Gasteiger charge is 2.28. The summed E-state index contributed by atoms with van der Waals surface area (Å²) in [6.45, 7) is 5.02. The fraction of sp³-hybridized carbons (Fsp3) is 0.538. The number of benzene rings is 1. The third kappa shape index (κ3) is 2.82. The van der Waals surface area contributed by atoms with Gasteiger partial charge in [0.05, 0.1) is 5.56 Å². The predicted octanol–water partition coefficient (Wildman–Crippen LogP) is 2.79. The molecule has 2 rings (SSSR count). The van der Waals surface area contributed by atoms with Gasteiger partial charge in [-0.1, -0.05) is 6.07 Å². The van der Waals surface area contributed by atoms with E-state index in [2.05, 4.69) is 19.2 Å². The molecular formula is C13H17F2NO. The summed E-state index contributed by atoms with van der Waals surface area (Å²) in [5.74, 6) is -1.09. The van der Waals surface area contributed by atoms with Gasteiger partial charge in [-0.15, -0.1) is 0 Å². The van der Waals surface area contributed by atoms with E-state index in [-0.39, 0.29) is 11.1 Å². The molecule has 0 saturated carbocycles. The highest BCUT2D eigenvalue weighted by molar-refractivity contribution is 5.23. The lowest BCUT2D eigenvalue weighted by Crippen LogP contribution is -2.39. The van der Waals surface area contributed by atoms with Gasteiger partial charge in [-0.3, -0.25) is 0 Å². The van der Waals surface area contributed by atoms with E-state index in [1.807, 2.05) is 0 Å². The topological polar surface area (TPSA) is 21.3 Å². The largest absolute Gasteiger partial charge is 0.372 e. The summed E-state index contributed by atoms with van der Waals surface area (Å²) in [4.78, 5) is 0. The van der Waals surface area contributed by atoms with Gasteiger partial charge in [-0.25, -0.2) is 8.78 Å². The van der Waals surface area contributed by atoms with Crippen LogP contribution in [-0.2, 0) is 4.74 Å². The van der Waals surface area contributed by atoms with Gasteiger partial charge in [-0.2, -0.15) is 0 Å². The van der Waals surface area contributed by atoms with E-state index in [4.69, 9.17) is 4.74 Å². The van der Waals surface area contributed by atoms with Crippen LogP contribution in [-0.4, -0.2) is 18.7 Å². The Balaban J connectivity index is 2.23. The minimum absolute atomic E-state index is 0.0256. The van der Waals surface area contributed by atoms with Crippen LogP contribution in [0.4, 0.5) is 8.78 Å². The molecule has 1 atom stereocenters. The zero-order chi connectivity index (χ0) is 12.5. The van der Waals surface area contributed by atoms with Crippen molar-refractivity contribution in [2.75, 3.05) is 13.2 Å². The Kier molecular flexibility index (Phi) is 3.45. The molecule has 1 unspecified atom stereocenters. The zero-order valence-electron chi connectivity index (χ0n) is 10.1. The highest BCUT2D eigenvalue weighted by Crippen LogP contribution is 2.27. The Morgan fingerprint density at radius 1 is 1.29 bits per heavy atom. The Morgan fingerprint density at radius 2 is 1.94 bits per heavy atom. The van der Waals surface area contributed by atoms with Crippen LogP contribution in [0.1, 0.15) is 31.9 Å². The Bertz CT molecular complexity index is 386. The molecule has 0 aliphatic carbocycles. The van der Waals surface area contributed by atoms with E-state index < -0.39 is 17.7 Å². The van der Waals surface area contributed by atoms with Gasteiger partial charge in [0.2, 0.25) is 0 Å². The maximum Gasteiger partial charge on any atom is 0.132 e. The van der Waals surface area contributed by atoms with Crippen molar-refractivity contribution < 1.29 is 13.5 Å². The average molecular weight is 241 g/mol. The molecule has 2 nitrogen and oxygen atoms in total. The van der Waals surface area contributed by atoms with Crippen LogP contribution in [0.15, 0.2) is 18.2 Å². The SMILES string of the molecule is CC1(C)CCOC(c2c(F)cccc2F)CN1. The van der Waals surface area contributed by atoms with E-state index in [1.54, 1.807) is 0 Å². The summed E-state index contributed by atoms with van der Waals surface area (Å²) in [5, 5.41) is 3.27. The minimum atomic E-state index is -0.557. The molecule has 1 fully saturated rings. The molecule has 94 valence electrons. The van der Waals surface area contributed by atoms with E-state index in [9.17, 15) is 8.78 Å². The number of nitrogens with one attached hydrogen (secondary N) is 1. The maximum atomic E-state index is 13.6. The predicted molar refractivity (Wildman–Crippen MR) is 61.7 cm³/mol. The van der Waals surface area contributed by atoms with E-state index in [0.29, 0.717) is 13.2 Å². The molecule has 1 aromatic rings. The molecule has 0 aromatic heterocycles. The van der Waals surface area contributed by atoms with E-state index in [0.717, 1.165) is 6.42 Å². The lowest BCUT2D eigenvalue weighted by molar-refractivity contribution is 0.0605. The van der Waals surface area contributed by atoms with E-state index >= 15 is 0 Å². The van der Waals surface area contributed by atoms with Crippen molar-refractivity contribution in [3.8, 4) is 0 Å². The molecule has 0 spiro atoms. The molecule has 0 amide bonds. The quantitative estimate of drug-likeness (QED) is 0.816. The number of ether oxygens (including phenoxy) is 1. The number of rotatable bonds is 1. The maximum absolute atomic E-state index is 13.6. The van der Waals surface area contributed by atoms with Crippen molar-refractivity contribution >= 4 is 0 Å². The second-order valence-electron chi connectivity index (χ2n) is 5.01. The first-order valence-corrected chi connectivity index (χ1v) is 5.80. The summed E-state index contributed by atoms with van der Waals surface area (Å²) >= 11 is 0. The molecule has 1 heterocycles. The number of hydrogen-bond acceptors (Lipinski definition) is 2. The van der Waals surface area contributed by atoms with Gasteiger partial charge >= 0.3 is 0 Å². The standard InChI is InChI=1S/C13H17F2NO/c1-13(2)6-7-17-11(8-16-13)12-9(14)4-3-5-10(12)15/h3-5,11,16H,6-8H2,1-2H3. The van der Waals surface area contributed by atoms with Crippen LogP contribution in [0.5, 0.6) is 0 Å². The molecule has 0 bridgehead atoms.